The third-order valence-electron chi connectivity index (χ3n) is 2.91. The number of carbonyl (C=O) groups excluding carboxylic acids is 1. The molecule has 0 saturated heterocycles. The number of nitrogens with one attached hydrogen (secondary N) is 1. The van der Waals surface area contributed by atoms with Crippen LogP contribution in [0.5, 0.6) is 0 Å². The predicted molar refractivity (Wildman–Crippen MR) is 86.7 cm³/mol. The van der Waals surface area contributed by atoms with E-state index < -0.39 is 10.0 Å². The summed E-state index contributed by atoms with van der Waals surface area (Å²) in [5.41, 5.74) is 0.841. The Bertz CT molecular complexity index is 769. The maximum Gasteiger partial charge on any atom is 0.261 e. The Balaban J connectivity index is 2.22. The van der Waals surface area contributed by atoms with Gasteiger partial charge in [0.1, 0.15) is 0 Å². The van der Waals surface area contributed by atoms with Crippen LogP contribution in [0.25, 0.3) is 0 Å². The molecular weight excluding hydrogens is 324 g/mol. The number of amides is 1. The van der Waals surface area contributed by atoms with E-state index in [9.17, 15) is 13.2 Å². The molecule has 1 N–H and O–H groups in total. The Hall–Kier alpha value is -2.05. The van der Waals surface area contributed by atoms with Crippen LogP contribution in [-0.2, 0) is 10.0 Å². The molecule has 0 spiro atoms. The summed E-state index contributed by atoms with van der Waals surface area (Å²) >= 11 is 5.76. The maximum absolute atomic E-state index is 12.3. The molecule has 7 heteroatoms. The number of hydrogen-bond donors (Lipinski definition) is 1. The molecule has 2 aromatic carbocycles. The average molecular weight is 339 g/mol. The molecule has 0 aliphatic rings. The second kappa shape index (κ2) is 6.37. The highest BCUT2D eigenvalue weighted by Gasteiger charge is 2.15. The lowest BCUT2D eigenvalue weighted by molar-refractivity contribution is 0.0827. The van der Waals surface area contributed by atoms with E-state index >= 15 is 0 Å². The summed E-state index contributed by atoms with van der Waals surface area (Å²) in [7, 11) is -0.439. The number of rotatable bonds is 4. The van der Waals surface area contributed by atoms with Crippen molar-refractivity contribution in [3.05, 3.63) is 59.1 Å². The van der Waals surface area contributed by atoms with E-state index in [1.54, 1.807) is 38.4 Å². The second-order valence-electron chi connectivity index (χ2n) is 4.84. The Morgan fingerprint density at radius 2 is 1.55 bits per heavy atom. The van der Waals surface area contributed by atoms with Crippen LogP contribution >= 0.6 is 11.6 Å². The van der Waals surface area contributed by atoms with Crippen molar-refractivity contribution in [3.63, 3.8) is 0 Å². The van der Waals surface area contributed by atoms with Gasteiger partial charge in [0.05, 0.1) is 4.90 Å². The summed E-state index contributed by atoms with van der Waals surface area (Å²) in [5.74, 6) is -0.186. The molecule has 0 aliphatic heterocycles. The molecule has 0 aromatic heterocycles. The van der Waals surface area contributed by atoms with Gasteiger partial charge in [0.15, 0.2) is 0 Å². The van der Waals surface area contributed by atoms with E-state index in [-0.39, 0.29) is 10.8 Å². The summed E-state index contributed by atoms with van der Waals surface area (Å²) in [6.45, 7) is 0. The zero-order chi connectivity index (χ0) is 16.3. The van der Waals surface area contributed by atoms with Crippen molar-refractivity contribution in [3.8, 4) is 0 Å². The molecule has 0 unspecified atom stereocenters. The Morgan fingerprint density at radius 1 is 1.00 bits per heavy atom. The van der Waals surface area contributed by atoms with Crippen LogP contribution in [0.3, 0.4) is 0 Å². The molecule has 0 fully saturated rings. The van der Waals surface area contributed by atoms with Crippen molar-refractivity contribution in [2.45, 2.75) is 4.90 Å². The minimum atomic E-state index is -3.71. The molecule has 0 saturated carbocycles. The Morgan fingerprint density at radius 3 is 2.05 bits per heavy atom. The first-order valence-electron chi connectivity index (χ1n) is 6.40. The van der Waals surface area contributed by atoms with E-state index in [4.69, 9.17) is 11.6 Å². The minimum absolute atomic E-state index is 0.0813. The van der Waals surface area contributed by atoms with E-state index in [0.29, 0.717) is 16.3 Å². The van der Waals surface area contributed by atoms with Gasteiger partial charge in [-0.1, -0.05) is 11.6 Å². The van der Waals surface area contributed by atoms with Crippen molar-refractivity contribution in [2.24, 2.45) is 0 Å². The van der Waals surface area contributed by atoms with Crippen LogP contribution in [0.1, 0.15) is 10.4 Å². The van der Waals surface area contributed by atoms with Gasteiger partial charge in [0.2, 0.25) is 0 Å². The molecule has 116 valence electrons. The molecule has 2 aromatic rings. The van der Waals surface area contributed by atoms with Gasteiger partial charge in [0.25, 0.3) is 15.9 Å². The highest BCUT2D eigenvalue weighted by atomic mass is 35.5. The fraction of sp³-hybridized carbons (Fsp3) is 0.133. The van der Waals surface area contributed by atoms with Crippen LogP contribution in [0, 0.1) is 0 Å². The fourth-order valence-corrected chi connectivity index (χ4v) is 2.95. The maximum atomic E-state index is 12.3. The Kier molecular flexibility index (Phi) is 4.73. The van der Waals surface area contributed by atoms with Crippen LogP contribution in [0.2, 0.25) is 5.02 Å². The smallest absolute Gasteiger partial charge is 0.261 e. The number of anilines is 1. The van der Waals surface area contributed by atoms with Gasteiger partial charge in [-0.3, -0.25) is 9.52 Å². The zero-order valence-corrected chi connectivity index (χ0v) is 13.6. The van der Waals surface area contributed by atoms with Crippen LogP contribution in [0.15, 0.2) is 53.4 Å². The molecular formula is C15H15ClN2O3S. The number of halogens is 1. The predicted octanol–water partition coefficient (Wildman–Crippen LogP) is 2.84. The summed E-state index contributed by atoms with van der Waals surface area (Å²) in [6, 6.07) is 12.1. The largest absolute Gasteiger partial charge is 0.345 e. The quantitative estimate of drug-likeness (QED) is 0.932. The van der Waals surface area contributed by atoms with Crippen LogP contribution in [0.4, 0.5) is 5.69 Å². The Labute approximate surface area is 134 Å². The van der Waals surface area contributed by atoms with E-state index in [1.165, 1.54) is 29.2 Å². The average Bonchev–Trinajstić information content (AvgIpc) is 2.48. The summed E-state index contributed by atoms with van der Waals surface area (Å²) in [5, 5.41) is 0.523. The van der Waals surface area contributed by atoms with Gasteiger partial charge < -0.3 is 4.90 Å². The minimum Gasteiger partial charge on any atom is -0.345 e. The number of benzene rings is 2. The van der Waals surface area contributed by atoms with Gasteiger partial charge in [-0.15, -0.1) is 0 Å². The van der Waals surface area contributed by atoms with E-state index in [1.807, 2.05) is 0 Å². The molecule has 2 rings (SSSR count). The van der Waals surface area contributed by atoms with Gasteiger partial charge in [-0.2, -0.15) is 0 Å². The molecule has 0 atom stereocenters. The molecule has 5 nitrogen and oxygen atoms in total. The highest BCUT2D eigenvalue weighted by Crippen LogP contribution is 2.19. The lowest BCUT2D eigenvalue weighted by Gasteiger charge is -2.11. The van der Waals surface area contributed by atoms with Crippen molar-refractivity contribution in [2.75, 3.05) is 18.8 Å². The second-order valence-corrected chi connectivity index (χ2v) is 6.96. The van der Waals surface area contributed by atoms with Crippen molar-refractivity contribution in [1.82, 2.24) is 4.90 Å². The fourth-order valence-electron chi connectivity index (χ4n) is 1.77. The standard InChI is InChI=1S/C15H15ClN2O3S/c1-18(2)15(19)11-3-9-14(10-4-11)22(20,21)17-13-7-5-12(16)6-8-13/h3-10,17H,1-2H3. The van der Waals surface area contributed by atoms with Gasteiger partial charge in [0, 0.05) is 30.4 Å². The van der Waals surface area contributed by atoms with Crippen molar-refractivity contribution < 1.29 is 13.2 Å². The molecule has 0 aliphatic carbocycles. The summed E-state index contributed by atoms with van der Waals surface area (Å²) in [6.07, 6.45) is 0. The molecule has 0 heterocycles. The summed E-state index contributed by atoms with van der Waals surface area (Å²) < 4.78 is 27.0. The lowest BCUT2D eigenvalue weighted by Crippen LogP contribution is -2.21. The molecule has 1 amide bonds. The first-order valence-corrected chi connectivity index (χ1v) is 8.26. The first kappa shape index (κ1) is 16.3. The summed E-state index contributed by atoms with van der Waals surface area (Å²) in [4.78, 5) is 13.3. The van der Waals surface area contributed by atoms with Crippen molar-refractivity contribution >= 4 is 33.2 Å². The van der Waals surface area contributed by atoms with Crippen LogP contribution < -0.4 is 4.72 Å². The molecule has 0 bridgehead atoms. The highest BCUT2D eigenvalue weighted by molar-refractivity contribution is 7.92. The third kappa shape index (κ3) is 3.78. The zero-order valence-electron chi connectivity index (χ0n) is 12.1. The SMILES string of the molecule is CN(C)C(=O)c1ccc(S(=O)(=O)Nc2ccc(Cl)cc2)cc1. The number of sulfonamides is 1. The van der Waals surface area contributed by atoms with Crippen molar-refractivity contribution in [1.29, 1.82) is 0 Å². The van der Waals surface area contributed by atoms with Gasteiger partial charge >= 0.3 is 0 Å². The molecule has 0 radical (unpaired) electrons. The topological polar surface area (TPSA) is 66.5 Å². The first-order chi connectivity index (χ1) is 10.3. The third-order valence-corrected chi connectivity index (χ3v) is 4.56. The van der Waals surface area contributed by atoms with E-state index in [0.717, 1.165) is 0 Å². The van der Waals surface area contributed by atoms with Gasteiger partial charge in [-0.05, 0) is 48.5 Å². The van der Waals surface area contributed by atoms with Crippen LogP contribution in [-0.4, -0.2) is 33.3 Å². The lowest BCUT2D eigenvalue weighted by atomic mass is 10.2. The number of carbonyl (C=O) groups is 1. The van der Waals surface area contributed by atoms with E-state index in [2.05, 4.69) is 4.72 Å². The van der Waals surface area contributed by atoms with Gasteiger partial charge in [-0.25, -0.2) is 8.42 Å². The molecule has 22 heavy (non-hydrogen) atoms. The number of hydrogen-bond acceptors (Lipinski definition) is 3. The monoisotopic (exact) mass is 338 g/mol. The number of nitrogens with zero attached hydrogens (tertiary/aromatic N) is 1. The normalized spacial score (nSPS) is 11.0.